The Bertz CT molecular complexity index is 891. The number of fused-ring (bicyclic) bond motifs is 1. The maximum absolute atomic E-state index is 13.1. The van der Waals surface area contributed by atoms with Crippen molar-refractivity contribution in [1.29, 1.82) is 0 Å². The van der Waals surface area contributed by atoms with Gasteiger partial charge < -0.3 is 4.90 Å². The van der Waals surface area contributed by atoms with Crippen LogP contribution >= 0.6 is 34.7 Å². The third-order valence-corrected chi connectivity index (χ3v) is 6.90. The minimum atomic E-state index is -0.254. The van der Waals surface area contributed by atoms with Gasteiger partial charge in [0, 0.05) is 18.1 Å². The Labute approximate surface area is 160 Å². The molecule has 1 fully saturated rings. The van der Waals surface area contributed by atoms with Gasteiger partial charge in [-0.2, -0.15) is 0 Å². The highest BCUT2D eigenvalue weighted by molar-refractivity contribution is 8.02. The van der Waals surface area contributed by atoms with Crippen LogP contribution in [0.5, 0.6) is 0 Å². The number of nitrogens with zero attached hydrogens (tertiary/aromatic N) is 2. The van der Waals surface area contributed by atoms with Crippen LogP contribution in [0.4, 0.5) is 0 Å². The van der Waals surface area contributed by atoms with E-state index in [1.165, 1.54) is 0 Å². The normalized spacial score (nSPS) is 15.6. The molecule has 6 heteroatoms. The fourth-order valence-electron chi connectivity index (χ4n) is 3.02. The predicted molar refractivity (Wildman–Crippen MR) is 105 cm³/mol. The Kier molecular flexibility index (Phi) is 4.97. The Balaban J connectivity index is 1.66. The Morgan fingerprint density at radius 3 is 2.68 bits per heavy atom. The molecule has 0 aliphatic carbocycles. The molecule has 0 N–H and O–H groups in total. The molecule has 4 rings (SSSR count). The number of hydrogen-bond acceptors (Lipinski definition) is 4. The number of amides is 1. The van der Waals surface area contributed by atoms with E-state index >= 15 is 0 Å². The first kappa shape index (κ1) is 16.9. The van der Waals surface area contributed by atoms with Crippen LogP contribution < -0.4 is 0 Å². The molecular weight excluding hydrogens is 372 g/mol. The van der Waals surface area contributed by atoms with Crippen LogP contribution in [0.15, 0.2) is 52.9 Å². The SMILES string of the molecule is O=C([C@@H](Sc1nc2cc(Cl)ccc2s1)c1ccccc1)N1CCCC1. The second-order valence-corrected chi connectivity index (χ2v) is 8.85. The molecule has 25 heavy (non-hydrogen) atoms. The van der Waals surface area contributed by atoms with Crippen molar-refractivity contribution in [3.05, 3.63) is 59.1 Å². The van der Waals surface area contributed by atoms with Crippen LogP contribution in [0.2, 0.25) is 5.02 Å². The molecule has 1 amide bonds. The summed E-state index contributed by atoms with van der Waals surface area (Å²) < 4.78 is 1.99. The first-order valence-electron chi connectivity index (χ1n) is 8.27. The van der Waals surface area contributed by atoms with Crippen molar-refractivity contribution in [2.45, 2.75) is 22.4 Å². The molecule has 2 aromatic carbocycles. The van der Waals surface area contributed by atoms with Crippen LogP contribution in [0, 0.1) is 0 Å². The number of hydrogen-bond donors (Lipinski definition) is 0. The molecule has 1 atom stereocenters. The van der Waals surface area contributed by atoms with Crippen LogP contribution in [0.3, 0.4) is 0 Å². The molecule has 0 spiro atoms. The number of carbonyl (C=O) groups is 1. The van der Waals surface area contributed by atoms with E-state index in [4.69, 9.17) is 11.6 Å². The Hall–Kier alpha value is -1.56. The summed E-state index contributed by atoms with van der Waals surface area (Å²) in [5.41, 5.74) is 1.92. The molecule has 0 unspecified atom stereocenters. The number of benzene rings is 2. The second-order valence-electron chi connectivity index (χ2n) is 6.03. The number of likely N-dealkylation sites (tertiary alicyclic amines) is 1. The number of aromatic nitrogens is 1. The van der Waals surface area contributed by atoms with Gasteiger partial charge in [0.1, 0.15) is 5.25 Å². The van der Waals surface area contributed by atoms with E-state index in [9.17, 15) is 4.79 Å². The van der Waals surface area contributed by atoms with Crippen LogP contribution in [0.1, 0.15) is 23.7 Å². The van der Waals surface area contributed by atoms with E-state index in [0.29, 0.717) is 5.02 Å². The first-order chi connectivity index (χ1) is 12.2. The quantitative estimate of drug-likeness (QED) is 0.560. The van der Waals surface area contributed by atoms with E-state index in [1.54, 1.807) is 23.1 Å². The summed E-state index contributed by atoms with van der Waals surface area (Å²) in [5.74, 6) is 0.186. The summed E-state index contributed by atoms with van der Waals surface area (Å²) >= 11 is 9.22. The Morgan fingerprint density at radius 2 is 1.92 bits per heavy atom. The molecule has 3 nitrogen and oxygen atoms in total. The molecule has 2 heterocycles. The van der Waals surface area contributed by atoms with Crippen molar-refractivity contribution >= 4 is 50.8 Å². The number of halogens is 1. The number of rotatable bonds is 4. The van der Waals surface area contributed by atoms with Gasteiger partial charge in [0.15, 0.2) is 4.34 Å². The van der Waals surface area contributed by atoms with E-state index in [0.717, 1.165) is 46.1 Å². The van der Waals surface area contributed by atoms with E-state index < -0.39 is 0 Å². The van der Waals surface area contributed by atoms with Gasteiger partial charge in [-0.3, -0.25) is 4.79 Å². The van der Waals surface area contributed by atoms with Crippen LogP contribution in [-0.2, 0) is 4.79 Å². The van der Waals surface area contributed by atoms with Gasteiger partial charge in [0.2, 0.25) is 5.91 Å². The third kappa shape index (κ3) is 3.68. The molecule has 1 aliphatic rings. The molecule has 0 bridgehead atoms. The lowest BCUT2D eigenvalue weighted by atomic mass is 10.1. The third-order valence-electron chi connectivity index (χ3n) is 4.29. The van der Waals surface area contributed by atoms with Crippen LogP contribution in [-0.4, -0.2) is 28.9 Å². The highest BCUT2D eigenvalue weighted by Gasteiger charge is 2.29. The Morgan fingerprint density at radius 1 is 1.16 bits per heavy atom. The molecule has 0 radical (unpaired) electrons. The molecule has 128 valence electrons. The summed E-state index contributed by atoms with van der Waals surface area (Å²) in [7, 11) is 0. The highest BCUT2D eigenvalue weighted by atomic mass is 35.5. The lowest BCUT2D eigenvalue weighted by molar-refractivity contribution is -0.129. The largest absolute Gasteiger partial charge is 0.341 e. The van der Waals surface area contributed by atoms with Gasteiger partial charge in [-0.15, -0.1) is 11.3 Å². The maximum Gasteiger partial charge on any atom is 0.240 e. The highest BCUT2D eigenvalue weighted by Crippen LogP contribution is 2.41. The van der Waals surface area contributed by atoms with Gasteiger partial charge >= 0.3 is 0 Å². The predicted octanol–water partition coefficient (Wildman–Crippen LogP) is 5.41. The zero-order valence-electron chi connectivity index (χ0n) is 13.5. The van der Waals surface area contributed by atoms with Crippen molar-refractivity contribution < 1.29 is 4.79 Å². The minimum absolute atomic E-state index is 0.186. The lowest BCUT2D eigenvalue weighted by Gasteiger charge is -2.22. The number of thioether (sulfide) groups is 1. The van der Waals surface area contributed by atoms with Gasteiger partial charge in [-0.05, 0) is 36.6 Å². The fraction of sp³-hybridized carbons (Fsp3) is 0.263. The van der Waals surface area contributed by atoms with E-state index in [-0.39, 0.29) is 11.2 Å². The maximum atomic E-state index is 13.1. The van der Waals surface area contributed by atoms with Gasteiger partial charge in [-0.25, -0.2) is 4.98 Å². The molecule has 1 saturated heterocycles. The van der Waals surface area contributed by atoms with Crippen LogP contribution in [0.25, 0.3) is 10.2 Å². The van der Waals surface area contributed by atoms with Crippen molar-refractivity contribution in [2.75, 3.05) is 13.1 Å². The van der Waals surface area contributed by atoms with E-state index in [1.807, 2.05) is 53.4 Å². The summed E-state index contributed by atoms with van der Waals surface area (Å²) in [6, 6.07) is 15.7. The summed E-state index contributed by atoms with van der Waals surface area (Å²) in [6.45, 7) is 1.72. The average molecular weight is 389 g/mol. The van der Waals surface area contributed by atoms with Crippen molar-refractivity contribution in [2.24, 2.45) is 0 Å². The molecule has 1 aromatic heterocycles. The van der Waals surface area contributed by atoms with Gasteiger partial charge in [0.05, 0.1) is 10.2 Å². The van der Waals surface area contributed by atoms with Gasteiger partial charge in [-0.1, -0.05) is 53.7 Å². The first-order valence-corrected chi connectivity index (χ1v) is 10.3. The summed E-state index contributed by atoms with van der Waals surface area (Å²) in [6.07, 6.45) is 2.19. The van der Waals surface area contributed by atoms with Crippen molar-refractivity contribution in [3.8, 4) is 0 Å². The van der Waals surface area contributed by atoms with Gasteiger partial charge in [0.25, 0.3) is 0 Å². The molecule has 3 aromatic rings. The zero-order chi connectivity index (χ0) is 17.2. The average Bonchev–Trinajstić information content (AvgIpc) is 3.29. The monoisotopic (exact) mass is 388 g/mol. The van der Waals surface area contributed by atoms with Crippen molar-refractivity contribution in [1.82, 2.24) is 9.88 Å². The fourth-order valence-corrected chi connectivity index (χ4v) is 5.51. The van der Waals surface area contributed by atoms with E-state index in [2.05, 4.69) is 4.98 Å². The number of carbonyl (C=O) groups excluding carboxylic acids is 1. The van der Waals surface area contributed by atoms with Crippen molar-refractivity contribution in [3.63, 3.8) is 0 Å². The zero-order valence-corrected chi connectivity index (χ0v) is 15.9. The minimum Gasteiger partial charge on any atom is -0.341 e. The molecule has 0 saturated carbocycles. The molecular formula is C19H17ClN2OS2. The lowest BCUT2D eigenvalue weighted by Crippen LogP contribution is -2.31. The number of thiazole rings is 1. The summed E-state index contributed by atoms with van der Waals surface area (Å²) in [4.78, 5) is 19.7. The standard InChI is InChI=1S/C19H17ClN2OS2/c20-14-8-9-16-15(12-14)21-19(24-16)25-17(13-6-2-1-3-7-13)18(23)22-10-4-5-11-22/h1-3,6-9,12,17H,4-5,10-11H2/t17-/m0/s1. The smallest absolute Gasteiger partial charge is 0.240 e. The molecule has 1 aliphatic heterocycles. The summed E-state index contributed by atoms with van der Waals surface area (Å²) in [5, 5.41) is 0.428. The topological polar surface area (TPSA) is 33.2 Å². The second kappa shape index (κ2) is 7.36.